The minimum Gasteiger partial charge on any atom is -0.316 e. The molecule has 0 bridgehead atoms. The number of hydrogen-bond donors (Lipinski definition) is 3. The van der Waals surface area contributed by atoms with E-state index in [0.29, 0.717) is 26.5 Å². The molecule has 1 unspecified atom stereocenters. The standard InChI is InChI=1S/C25H19ClN6S2/c26-18-12-7-13-19(14-18)32-21(17-10-5-2-6-11-17)20-22(30-25(32)34)28-24(33)29-23(20)31-27-15-16-8-3-1-4-9-16/h1-15,21H,(H3,28,29,30,31,33,34)/b27-15+. The molecule has 4 aromatic rings. The Morgan fingerprint density at radius 2 is 1.71 bits per heavy atom. The van der Waals surface area contributed by atoms with Gasteiger partial charge in [-0.1, -0.05) is 78.3 Å². The van der Waals surface area contributed by atoms with Gasteiger partial charge in [-0.2, -0.15) is 5.10 Å². The second-order valence-corrected chi connectivity index (χ2v) is 8.76. The van der Waals surface area contributed by atoms with E-state index in [1.54, 1.807) is 6.21 Å². The van der Waals surface area contributed by atoms with Gasteiger partial charge in [-0.3, -0.25) is 5.43 Å². The molecule has 6 nitrogen and oxygen atoms in total. The van der Waals surface area contributed by atoms with Crippen LogP contribution in [0.25, 0.3) is 0 Å². The molecule has 9 heteroatoms. The lowest BCUT2D eigenvalue weighted by atomic mass is 9.95. The fraction of sp³-hybridized carbons (Fsp3) is 0.0400. The minimum atomic E-state index is -0.308. The molecule has 34 heavy (non-hydrogen) atoms. The highest BCUT2D eigenvalue weighted by molar-refractivity contribution is 7.80. The van der Waals surface area contributed by atoms with Gasteiger partial charge in [0.1, 0.15) is 11.6 Å². The SMILES string of the molecule is S=C1Nc2nc(=S)[nH]c(N/N=C/c3ccccc3)c2C(c2ccccc2)N1c1cccc(Cl)c1. The number of rotatable bonds is 5. The molecule has 0 saturated heterocycles. The summed E-state index contributed by atoms with van der Waals surface area (Å²) in [6.45, 7) is 0. The molecular weight excluding hydrogens is 484 g/mol. The maximum Gasteiger partial charge on any atom is 0.200 e. The summed E-state index contributed by atoms with van der Waals surface area (Å²) in [5.74, 6) is 1.20. The summed E-state index contributed by atoms with van der Waals surface area (Å²) in [6, 6.07) is 27.2. The molecule has 2 heterocycles. The molecule has 3 aromatic carbocycles. The number of nitrogens with zero attached hydrogens (tertiary/aromatic N) is 3. The van der Waals surface area contributed by atoms with E-state index >= 15 is 0 Å². The molecule has 5 rings (SSSR count). The number of hydrogen-bond acceptors (Lipinski definition) is 5. The summed E-state index contributed by atoms with van der Waals surface area (Å²) in [7, 11) is 0. The third kappa shape index (κ3) is 4.56. The van der Waals surface area contributed by atoms with E-state index in [1.165, 1.54) is 0 Å². The zero-order valence-corrected chi connectivity index (χ0v) is 20.2. The first kappa shape index (κ1) is 22.2. The number of H-pyrrole nitrogens is 1. The highest BCUT2D eigenvalue weighted by Gasteiger charge is 2.36. The average Bonchev–Trinajstić information content (AvgIpc) is 2.84. The van der Waals surface area contributed by atoms with Gasteiger partial charge in [0.05, 0.1) is 17.8 Å². The molecule has 0 radical (unpaired) electrons. The number of halogens is 1. The fourth-order valence-corrected chi connectivity index (χ4v) is 4.58. The predicted molar refractivity (Wildman–Crippen MR) is 146 cm³/mol. The van der Waals surface area contributed by atoms with Crippen LogP contribution in [-0.4, -0.2) is 21.3 Å². The quantitative estimate of drug-likeness (QED) is 0.163. The van der Waals surface area contributed by atoms with Crippen molar-refractivity contribution in [2.24, 2.45) is 5.10 Å². The molecule has 0 saturated carbocycles. The Labute approximate surface area is 212 Å². The van der Waals surface area contributed by atoms with Crippen molar-refractivity contribution in [3.8, 4) is 0 Å². The van der Waals surface area contributed by atoms with Crippen LogP contribution >= 0.6 is 36.0 Å². The number of benzene rings is 3. The highest BCUT2D eigenvalue weighted by Crippen LogP contribution is 2.43. The molecule has 1 aliphatic rings. The van der Waals surface area contributed by atoms with E-state index in [9.17, 15) is 0 Å². The summed E-state index contributed by atoms with van der Waals surface area (Å²) in [5, 5.41) is 8.80. The smallest absolute Gasteiger partial charge is 0.200 e. The van der Waals surface area contributed by atoms with E-state index in [-0.39, 0.29) is 6.04 Å². The molecule has 3 N–H and O–H groups in total. The molecule has 0 spiro atoms. The predicted octanol–water partition coefficient (Wildman–Crippen LogP) is 6.54. The lowest BCUT2D eigenvalue weighted by molar-refractivity contribution is 0.815. The fourth-order valence-electron chi connectivity index (χ4n) is 3.89. The van der Waals surface area contributed by atoms with E-state index < -0.39 is 0 Å². The Morgan fingerprint density at radius 3 is 2.44 bits per heavy atom. The molecule has 1 atom stereocenters. The van der Waals surface area contributed by atoms with Gasteiger partial charge in [-0.25, -0.2) is 4.98 Å². The zero-order chi connectivity index (χ0) is 23.5. The number of fused-ring (bicyclic) bond motifs is 1. The molecule has 0 aliphatic carbocycles. The molecule has 1 aromatic heterocycles. The first-order valence-corrected chi connectivity index (χ1v) is 11.7. The molecule has 168 valence electrons. The van der Waals surface area contributed by atoms with Crippen LogP contribution < -0.4 is 15.6 Å². The third-order valence-electron chi connectivity index (χ3n) is 5.34. The first-order chi connectivity index (χ1) is 16.6. The Hall–Kier alpha value is -3.59. The van der Waals surface area contributed by atoms with Gasteiger partial charge in [-0.15, -0.1) is 0 Å². The van der Waals surface area contributed by atoms with E-state index in [0.717, 1.165) is 22.4 Å². The molecule has 0 fully saturated rings. The summed E-state index contributed by atoms with van der Waals surface area (Å²) in [5.41, 5.74) is 6.81. The third-order valence-corrected chi connectivity index (χ3v) is 6.06. The average molecular weight is 503 g/mol. The number of thiocarbonyl (C=S) groups is 1. The van der Waals surface area contributed by atoms with Crippen LogP contribution in [0.5, 0.6) is 0 Å². The van der Waals surface area contributed by atoms with Gasteiger partial charge in [0.15, 0.2) is 9.88 Å². The summed E-state index contributed by atoms with van der Waals surface area (Å²) in [6.07, 6.45) is 1.75. The minimum absolute atomic E-state index is 0.308. The monoisotopic (exact) mass is 502 g/mol. The van der Waals surface area contributed by atoms with E-state index in [2.05, 4.69) is 37.9 Å². The van der Waals surface area contributed by atoms with Crippen LogP contribution in [0.1, 0.15) is 22.7 Å². The van der Waals surface area contributed by atoms with E-state index in [4.69, 9.17) is 36.0 Å². The van der Waals surface area contributed by atoms with Gasteiger partial charge >= 0.3 is 0 Å². The lowest BCUT2D eigenvalue weighted by Gasteiger charge is -2.39. The number of aromatic nitrogens is 2. The highest BCUT2D eigenvalue weighted by atomic mass is 35.5. The Kier molecular flexibility index (Phi) is 6.35. The van der Waals surface area contributed by atoms with Crippen LogP contribution in [0.15, 0.2) is 90.0 Å². The maximum atomic E-state index is 6.33. The van der Waals surface area contributed by atoms with Crippen molar-refractivity contribution in [3.63, 3.8) is 0 Å². The van der Waals surface area contributed by atoms with Gasteiger partial charge in [0.25, 0.3) is 0 Å². The largest absolute Gasteiger partial charge is 0.316 e. The van der Waals surface area contributed by atoms with E-state index in [1.807, 2.05) is 77.7 Å². The van der Waals surface area contributed by atoms with Gasteiger partial charge in [-0.05, 0) is 53.8 Å². The number of aromatic amines is 1. The van der Waals surface area contributed by atoms with Crippen LogP contribution in [-0.2, 0) is 0 Å². The van der Waals surface area contributed by atoms with Crippen molar-refractivity contribution in [2.45, 2.75) is 6.04 Å². The lowest BCUT2D eigenvalue weighted by Crippen LogP contribution is -2.43. The Balaban J connectivity index is 1.65. The van der Waals surface area contributed by atoms with Gasteiger partial charge in [0, 0.05) is 10.7 Å². The molecule has 0 amide bonds. The van der Waals surface area contributed by atoms with Crippen molar-refractivity contribution in [1.29, 1.82) is 0 Å². The first-order valence-electron chi connectivity index (χ1n) is 10.5. The van der Waals surface area contributed by atoms with Crippen LogP contribution in [0.2, 0.25) is 5.02 Å². The zero-order valence-electron chi connectivity index (χ0n) is 17.8. The van der Waals surface area contributed by atoms with Gasteiger partial charge in [0.2, 0.25) is 0 Å². The van der Waals surface area contributed by atoms with Crippen molar-refractivity contribution in [2.75, 3.05) is 15.6 Å². The molecule has 1 aliphatic heterocycles. The van der Waals surface area contributed by atoms with Gasteiger partial charge < -0.3 is 15.2 Å². The topological polar surface area (TPSA) is 68.3 Å². The van der Waals surface area contributed by atoms with Crippen molar-refractivity contribution >= 4 is 64.7 Å². The van der Waals surface area contributed by atoms with Crippen molar-refractivity contribution in [3.05, 3.63) is 111 Å². The van der Waals surface area contributed by atoms with Crippen molar-refractivity contribution < 1.29 is 0 Å². The summed E-state index contributed by atoms with van der Waals surface area (Å²) >= 11 is 17.5. The van der Waals surface area contributed by atoms with Crippen LogP contribution in [0, 0.1) is 4.77 Å². The Morgan fingerprint density at radius 1 is 0.971 bits per heavy atom. The summed E-state index contributed by atoms with van der Waals surface area (Å²) < 4.78 is 0.314. The summed E-state index contributed by atoms with van der Waals surface area (Å²) in [4.78, 5) is 9.71. The normalized spacial score (nSPS) is 15.1. The maximum absolute atomic E-state index is 6.33. The second-order valence-electron chi connectivity index (χ2n) is 7.55. The van der Waals surface area contributed by atoms with Crippen LogP contribution in [0.4, 0.5) is 17.3 Å². The Bertz CT molecular complexity index is 1420. The number of hydrazone groups is 1. The second kappa shape index (κ2) is 9.72. The van der Waals surface area contributed by atoms with Crippen molar-refractivity contribution in [1.82, 2.24) is 9.97 Å². The molecular formula is C25H19ClN6S2. The number of anilines is 3. The van der Waals surface area contributed by atoms with Crippen LogP contribution in [0.3, 0.4) is 0 Å². The number of nitrogens with one attached hydrogen (secondary N) is 3.